The van der Waals surface area contributed by atoms with Crippen LogP contribution in [0.25, 0.3) is 0 Å². The molecule has 1 unspecified atom stereocenters. The molecule has 0 saturated carbocycles. The SMILES string of the molecule is COC(=O)C(C)CN(C)C(=O)CSc1ccc(Br)cc1. The molecule has 0 aliphatic heterocycles. The van der Waals surface area contributed by atoms with Gasteiger partial charge in [-0.2, -0.15) is 0 Å². The van der Waals surface area contributed by atoms with Crippen LogP contribution in [0.4, 0.5) is 0 Å². The number of methoxy groups -OCH3 is 1. The molecule has 0 radical (unpaired) electrons. The number of esters is 1. The lowest BCUT2D eigenvalue weighted by Gasteiger charge is -2.20. The Hall–Kier alpha value is -1.01. The van der Waals surface area contributed by atoms with Crippen molar-refractivity contribution in [1.82, 2.24) is 4.90 Å². The number of ether oxygens (including phenoxy) is 1. The van der Waals surface area contributed by atoms with Gasteiger partial charge in [0.2, 0.25) is 5.91 Å². The quantitative estimate of drug-likeness (QED) is 0.578. The fourth-order valence-electron chi connectivity index (χ4n) is 1.57. The predicted molar refractivity (Wildman–Crippen MR) is 83.7 cm³/mol. The first-order valence-corrected chi connectivity index (χ1v) is 7.92. The minimum Gasteiger partial charge on any atom is -0.469 e. The minimum absolute atomic E-state index is 0.00586. The lowest BCUT2D eigenvalue weighted by atomic mass is 10.2. The van der Waals surface area contributed by atoms with Crippen molar-refractivity contribution in [3.63, 3.8) is 0 Å². The van der Waals surface area contributed by atoms with E-state index in [-0.39, 0.29) is 17.8 Å². The van der Waals surface area contributed by atoms with Gasteiger partial charge < -0.3 is 9.64 Å². The summed E-state index contributed by atoms with van der Waals surface area (Å²) in [7, 11) is 3.05. The molecule has 0 saturated heterocycles. The number of carbonyl (C=O) groups is 2. The third kappa shape index (κ3) is 5.54. The van der Waals surface area contributed by atoms with E-state index in [0.29, 0.717) is 12.3 Å². The molecule has 1 atom stereocenters. The lowest BCUT2D eigenvalue weighted by Crippen LogP contribution is -2.35. The predicted octanol–water partition coefficient (Wildman–Crippen LogP) is 2.81. The zero-order valence-corrected chi connectivity index (χ0v) is 14.2. The van der Waals surface area contributed by atoms with Crippen molar-refractivity contribution in [2.75, 3.05) is 26.5 Å². The van der Waals surface area contributed by atoms with Gasteiger partial charge in [0.05, 0.1) is 18.8 Å². The number of halogens is 1. The summed E-state index contributed by atoms with van der Waals surface area (Å²) in [6.45, 7) is 2.11. The van der Waals surface area contributed by atoms with Crippen LogP contribution in [0.1, 0.15) is 6.92 Å². The highest BCUT2D eigenvalue weighted by molar-refractivity contribution is 9.10. The number of benzene rings is 1. The molecule has 20 heavy (non-hydrogen) atoms. The third-order valence-electron chi connectivity index (χ3n) is 2.75. The molecular weight excluding hydrogens is 342 g/mol. The molecule has 1 aromatic rings. The van der Waals surface area contributed by atoms with Crippen molar-refractivity contribution in [2.45, 2.75) is 11.8 Å². The molecule has 1 amide bonds. The number of nitrogens with zero attached hydrogens (tertiary/aromatic N) is 1. The van der Waals surface area contributed by atoms with Crippen LogP contribution in [-0.2, 0) is 14.3 Å². The maximum Gasteiger partial charge on any atom is 0.310 e. The van der Waals surface area contributed by atoms with Gasteiger partial charge in [-0.1, -0.05) is 22.9 Å². The van der Waals surface area contributed by atoms with Crippen LogP contribution < -0.4 is 0 Å². The smallest absolute Gasteiger partial charge is 0.310 e. The molecular formula is C14H18BrNO3S. The van der Waals surface area contributed by atoms with Crippen molar-refractivity contribution < 1.29 is 14.3 Å². The van der Waals surface area contributed by atoms with E-state index >= 15 is 0 Å². The summed E-state index contributed by atoms with van der Waals surface area (Å²) in [4.78, 5) is 25.9. The van der Waals surface area contributed by atoms with Crippen LogP contribution in [0.2, 0.25) is 0 Å². The lowest BCUT2D eigenvalue weighted by molar-refractivity contribution is -0.145. The summed E-state index contributed by atoms with van der Waals surface area (Å²) < 4.78 is 5.66. The van der Waals surface area contributed by atoms with E-state index in [1.165, 1.54) is 18.9 Å². The van der Waals surface area contributed by atoms with Crippen molar-refractivity contribution in [3.05, 3.63) is 28.7 Å². The van der Waals surface area contributed by atoms with Gasteiger partial charge in [-0.15, -0.1) is 11.8 Å². The normalized spacial score (nSPS) is 11.8. The Bertz CT molecular complexity index is 464. The van der Waals surface area contributed by atoms with Crippen molar-refractivity contribution >= 4 is 39.6 Å². The standard InChI is InChI=1S/C14H18BrNO3S/c1-10(14(18)19-3)8-16(2)13(17)9-20-12-6-4-11(15)5-7-12/h4-7,10H,8-9H2,1-3H3. The van der Waals surface area contributed by atoms with Crippen LogP contribution in [0, 0.1) is 5.92 Å². The van der Waals surface area contributed by atoms with Crippen molar-refractivity contribution in [3.8, 4) is 0 Å². The molecule has 0 fully saturated rings. The molecule has 1 rings (SSSR count). The highest BCUT2D eigenvalue weighted by Crippen LogP contribution is 2.20. The van der Waals surface area contributed by atoms with E-state index in [1.54, 1.807) is 18.9 Å². The molecule has 0 aromatic heterocycles. The zero-order valence-electron chi connectivity index (χ0n) is 11.8. The number of amides is 1. The Balaban J connectivity index is 2.42. The van der Waals surface area contributed by atoms with E-state index in [0.717, 1.165) is 9.37 Å². The third-order valence-corrected chi connectivity index (χ3v) is 4.28. The zero-order chi connectivity index (χ0) is 15.1. The van der Waals surface area contributed by atoms with Crippen LogP contribution in [0.15, 0.2) is 33.6 Å². The van der Waals surface area contributed by atoms with Gasteiger partial charge in [0, 0.05) is 23.0 Å². The topological polar surface area (TPSA) is 46.6 Å². The molecule has 0 N–H and O–H groups in total. The Morgan fingerprint density at radius 1 is 1.35 bits per heavy atom. The summed E-state index contributed by atoms with van der Waals surface area (Å²) in [5.74, 6) is -0.267. The summed E-state index contributed by atoms with van der Waals surface area (Å²) in [5, 5.41) is 0. The number of rotatable bonds is 6. The van der Waals surface area contributed by atoms with E-state index in [2.05, 4.69) is 20.7 Å². The van der Waals surface area contributed by atoms with Gasteiger partial charge in [0.1, 0.15) is 0 Å². The first-order chi connectivity index (χ1) is 9.43. The molecule has 0 spiro atoms. The fourth-order valence-corrected chi connectivity index (χ4v) is 2.68. The maximum atomic E-state index is 12.0. The molecule has 0 bridgehead atoms. The van der Waals surface area contributed by atoms with Crippen LogP contribution in [0.5, 0.6) is 0 Å². The highest BCUT2D eigenvalue weighted by atomic mass is 79.9. The molecule has 1 aromatic carbocycles. The second-order valence-electron chi connectivity index (χ2n) is 4.44. The number of carbonyl (C=O) groups excluding carboxylic acids is 2. The van der Waals surface area contributed by atoms with Gasteiger partial charge in [0.25, 0.3) is 0 Å². The van der Waals surface area contributed by atoms with Gasteiger partial charge in [-0.05, 0) is 24.3 Å². The largest absolute Gasteiger partial charge is 0.469 e. The van der Waals surface area contributed by atoms with E-state index in [1.807, 2.05) is 24.3 Å². The first-order valence-electron chi connectivity index (χ1n) is 6.14. The van der Waals surface area contributed by atoms with E-state index in [9.17, 15) is 9.59 Å². The van der Waals surface area contributed by atoms with E-state index < -0.39 is 0 Å². The van der Waals surface area contributed by atoms with Crippen LogP contribution in [-0.4, -0.2) is 43.2 Å². The number of hydrogen-bond donors (Lipinski definition) is 0. The van der Waals surface area contributed by atoms with Gasteiger partial charge >= 0.3 is 5.97 Å². The van der Waals surface area contributed by atoms with Gasteiger partial charge in [-0.25, -0.2) is 0 Å². The Morgan fingerprint density at radius 3 is 2.50 bits per heavy atom. The van der Waals surface area contributed by atoms with E-state index in [4.69, 9.17) is 0 Å². The summed E-state index contributed by atoms with van der Waals surface area (Å²) in [5.41, 5.74) is 0. The average molecular weight is 360 g/mol. The summed E-state index contributed by atoms with van der Waals surface area (Å²) in [6, 6.07) is 7.80. The Kier molecular flexibility index (Phi) is 7.09. The summed E-state index contributed by atoms with van der Waals surface area (Å²) >= 11 is 4.85. The van der Waals surface area contributed by atoms with Crippen LogP contribution >= 0.6 is 27.7 Å². The fraction of sp³-hybridized carbons (Fsp3) is 0.429. The second-order valence-corrected chi connectivity index (χ2v) is 6.41. The Labute approximate surface area is 132 Å². The first kappa shape index (κ1) is 17.0. The molecule has 110 valence electrons. The minimum atomic E-state index is -0.313. The van der Waals surface area contributed by atoms with Crippen molar-refractivity contribution in [2.24, 2.45) is 5.92 Å². The number of hydrogen-bond acceptors (Lipinski definition) is 4. The van der Waals surface area contributed by atoms with Gasteiger partial charge in [0.15, 0.2) is 0 Å². The maximum absolute atomic E-state index is 12.0. The molecule has 4 nitrogen and oxygen atoms in total. The molecule has 0 aliphatic carbocycles. The van der Waals surface area contributed by atoms with Crippen molar-refractivity contribution in [1.29, 1.82) is 0 Å². The number of thioether (sulfide) groups is 1. The monoisotopic (exact) mass is 359 g/mol. The van der Waals surface area contributed by atoms with Gasteiger partial charge in [-0.3, -0.25) is 9.59 Å². The Morgan fingerprint density at radius 2 is 1.95 bits per heavy atom. The second kappa shape index (κ2) is 8.32. The highest BCUT2D eigenvalue weighted by Gasteiger charge is 2.18. The molecule has 0 aliphatic rings. The van der Waals surface area contributed by atoms with Crippen LogP contribution in [0.3, 0.4) is 0 Å². The summed E-state index contributed by atoms with van der Waals surface area (Å²) in [6.07, 6.45) is 0. The average Bonchev–Trinajstić information content (AvgIpc) is 2.45. The molecule has 6 heteroatoms. The molecule has 0 heterocycles.